The van der Waals surface area contributed by atoms with Gasteiger partial charge in [-0.25, -0.2) is 8.78 Å². The Kier molecular flexibility index (Phi) is 4.57. The second-order valence-electron chi connectivity index (χ2n) is 4.30. The van der Waals surface area contributed by atoms with Crippen LogP contribution in [0.5, 0.6) is 0 Å². The number of nitrogens with zero attached hydrogens (tertiary/aromatic N) is 1. The molecule has 0 heterocycles. The highest BCUT2D eigenvalue weighted by Crippen LogP contribution is 2.15. The van der Waals surface area contributed by atoms with E-state index in [0.29, 0.717) is 11.6 Å². The quantitative estimate of drug-likeness (QED) is 0.533. The molecule has 0 radical (unpaired) electrons. The zero-order valence-electron chi connectivity index (χ0n) is 11.1. The summed E-state index contributed by atoms with van der Waals surface area (Å²) < 4.78 is 26.1. The van der Waals surface area contributed by atoms with E-state index in [1.165, 1.54) is 30.3 Å². The van der Waals surface area contributed by atoms with E-state index in [9.17, 15) is 23.7 Å². The van der Waals surface area contributed by atoms with Gasteiger partial charge in [0.15, 0.2) is 0 Å². The van der Waals surface area contributed by atoms with Crippen molar-refractivity contribution in [2.45, 2.75) is 0 Å². The normalized spacial score (nSPS) is 10.6. The Morgan fingerprint density at radius 3 is 2.41 bits per heavy atom. The van der Waals surface area contributed by atoms with E-state index < -0.39 is 22.5 Å². The maximum absolute atomic E-state index is 13.4. The predicted octanol–water partition coefficient (Wildman–Crippen LogP) is 3.52. The SMILES string of the molecule is O=C(C=Cc1ccc([N+](=O)[O-])cc1)Nc1ccc(F)cc1F. The molecule has 0 aliphatic heterocycles. The van der Waals surface area contributed by atoms with Gasteiger partial charge in [0.2, 0.25) is 5.91 Å². The Morgan fingerprint density at radius 1 is 1.14 bits per heavy atom. The van der Waals surface area contributed by atoms with Gasteiger partial charge in [0.25, 0.3) is 5.69 Å². The number of halogens is 2. The monoisotopic (exact) mass is 304 g/mol. The molecule has 1 N–H and O–H groups in total. The van der Waals surface area contributed by atoms with E-state index in [1.807, 2.05) is 0 Å². The molecule has 0 spiro atoms. The van der Waals surface area contributed by atoms with Crippen molar-refractivity contribution in [2.24, 2.45) is 0 Å². The first-order chi connectivity index (χ1) is 10.5. The summed E-state index contributed by atoms with van der Waals surface area (Å²) >= 11 is 0. The number of hydrogen-bond acceptors (Lipinski definition) is 3. The van der Waals surface area contributed by atoms with E-state index in [0.717, 1.165) is 18.2 Å². The van der Waals surface area contributed by atoms with Crippen molar-refractivity contribution >= 4 is 23.4 Å². The van der Waals surface area contributed by atoms with E-state index in [-0.39, 0.29) is 11.4 Å². The Labute approximate surface area is 124 Å². The van der Waals surface area contributed by atoms with Gasteiger partial charge in [-0.15, -0.1) is 0 Å². The van der Waals surface area contributed by atoms with Crippen molar-refractivity contribution < 1.29 is 18.5 Å². The summed E-state index contributed by atoms with van der Waals surface area (Å²) in [5.41, 5.74) is 0.370. The van der Waals surface area contributed by atoms with Gasteiger partial charge in [-0.1, -0.05) is 0 Å². The van der Waals surface area contributed by atoms with Crippen molar-refractivity contribution in [1.29, 1.82) is 0 Å². The van der Waals surface area contributed by atoms with Crippen LogP contribution in [-0.4, -0.2) is 10.8 Å². The summed E-state index contributed by atoms with van der Waals surface area (Å²) in [6.45, 7) is 0. The molecule has 0 aliphatic rings. The predicted molar refractivity (Wildman–Crippen MR) is 77.1 cm³/mol. The Hall–Kier alpha value is -3.09. The molecule has 0 aliphatic carbocycles. The van der Waals surface area contributed by atoms with Gasteiger partial charge in [-0.2, -0.15) is 0 Å². The molecule has 0 saturated heterocycles. The number of nitro groups is 1. The van der Waals surface area contributed by atoms with Crippen LogP contribution < -0.4 is 5.32 Å². The number of anilines is 1. The van der Waals surface area contributed by atoms with Crippen molar-refractivity contribution in [3.8, 4) is 0 Å². The molecular formula is C15H10F2N2O3. The minimum atomic E-state index is -0.878. The summed E-state index contributed by atoms with van der Waals surface area (Å²) in [6, 6.07) is 8.35. The maximum atomic E-state index is 13.4. The lowest BCUT2D eigenvalue weighted by Crippen LogP contribution is -2.09. The first-order valence-corrected chi connectivity index (χ1v) is 6.14. The highest BCUT2D eigenvalue weighted by atomic mass is 19.1. The molecule has 2 rings (SSSR count). The summed E-state index contributed by atoms with van der Waals surface area (Å²) in [5, 5.41) is 12.8. The molecule has 2 aromatic carbocycles. The van der Waals surface area contributed by atoms with Crippen LogP contribution in [0, 0.1) is 21.7 Å². The van der Waals surface area contributed by atoms with Crippen molar-refractivity contribution in [3.63, 3.8) is 0 Å². The summed E-state index contributed by atoms with van der Waals surface area (Å²) in [4.78, 5) is 21.6. The molecule has 5 nitrogen and oxygen atoms in total. The minimum Gasteiger partial charge on any atom is -0.320 e. The number of carbonyl (C=O) groups excluding carboxylic acids is 1. The van der Waals surface area contributed by atoms with E-state index >= 15 is 0 Å². The maximum Gasteiger partial charge on any atom is 0.269 e. The fourth-order valence-corrected chi connectivity index (χ4v) is 1.64. The number of nitro benzene ring substituents is 1. The van der Waals surface area contributed by atoms with Crippen LogP contribution in [0.4, 0.5) is 20.2 Å². The molecule has 0 fully saturated rings. The second-order valence-corrected chi connectivity index (χ2v) is 4.30. The van der Waals surface area contributed by atoms with E-state index in [2.05, 4.69) is 5.32 Å². The van der Waals surface area contributed by atoms with Crippen molar-refractivity contribution in [1.82, 2.24) is 0 Å². The van der Waals surface area contributed by atoms with Crippen LogP contribution in [0.3, 0.4) is 0 Å². The smallest absolute Gasteiger partial charge is 0.269 e. The molecule has 0 aromatic heterocycles. The molecule has 2 aromatic rings. The number of rotatable bonds is 4. The van der Waals surface area contributed by atoms with Gasteiger partial charge < -0.3 is 5.32 Å². The van der Waals surface area contributed by atoms with Gasteiger partial charge in [-0.05, 0) is 35.9 Å². The second kappa shape index (κ2) is 6.57. The third-order valence-corrected chi connectivity index (χ3v) is 2.72. The molecule has 0 atom stereocenters. The fraction of sp³-hybridized carbons (Fsp3) is 0. The molecule has 0 saturated carbocycles. The van der Waals surface area contributed by atoms with Gasteiger partial charge in [0.1, 0.15) is 11.6 Å². The van der Waals surface area contributed by atoms with Crippen LogP contribution in [0.2, 0.25) is 0 Å². The number of nitrogens with one attached hydrogen (secondary N) is 1. The van der Waals surface area contributed by atoms with E-state index in [1.54, 1.807) is 0 Å². The molecule has 0 bridgehead atoms. The Balaban J connectivity index is 2.03. The van der Waals surface area contributed by atoms with Crippen LogP contribution >= 0.6 is 0 Å². The largest absolute Gasteiger partial charge is 0.320 e. The third kappa shape index (κ3) is 3.95. The lowest BCUT2D eigenvalue weighted by atomic mass is 10.2. The number of hydrogen-bond donors (Lipinski definition) is 1. The van der Waals surface area contributed by atoms with Gasteiger partial charge in [-0.3, -0.25) is 14.9 Å². The van der Waals surface area contributed by atoms with Crippen LogP contribution in [0.15, 0.2) is 48.5 Å². The number of amides is 1. The minimum absolute atomic E-state index is 0.0602. The zero-order chi connectivity index (χ0) is 16.1. The Morgan fingerprint density at radius 2 is 1.82 bits per heavy atom. The van der Waals surface area contributed by atoms with Gasteiger partial charge in [0.05, 0.1) is 10.6 Å². The lowest BCUT2D eigenvalue weighted by molar-refractivity contribution is -0.384. The summed E-state index contributed by atoms with van der Waals surface area (Å²) in [5.74, 6) is -2.22. The average molecular weight is 304 g/mol. The molecule has 22 heavy (non-hydrogen) atoms. The lowest BCUT2D eigenvalue weighted by Gasteiger charge is -2.03. The Bertz CT molecular complexity index is 743. The van der Waals surface area contributed by atoms with Crippen molar-refractivity contribution in [2.75, 3.05) is 5.32 Å². The van der Waals surface area contributed by atoms with Crippen LogP contribution in [0.25, 0.3) is 6.08 Å². The molecule has 7 heteroatoms. The molecule has 1 amide bonds. The van der Waals surface area contributed by atoms with Crippen LogP contribution in [-0.2, 0) is 4.79 Å². The van der Waals surface area contributed by atoms with Gasteiger partial charge >= 0.3 is 0 Å². The highest BCUT2D eigenvalue weighted by Gasteiger charge is 2.06. The van der Waals surface area contributed by atoms with Gasteiger partial charge in [0, 0.05) is 24.3 Å². The number of carbonyl (C=O) groups is 1. The average Bonchev–Trinajstić information content (AvgIpc) is 2.48. The standard InChI is InChI=1S/C15H10F2N2O3/c16-11-4-7-14(13(17)9-11)18-15(20)8-3-10-1-5-12(6-2-10)19(21)22/h1-9H,(H,18,20). The van der Waals surface area contributed by atoms with Crippen molar-refractivity contribution in [3.05, 3.63) is 75.9 Å². The molecular weight excluding hydrogens is 294 g/mol. The summed E-state index contributed by atoms with van der Waals surface area (Å²) in [7, 11) is 0. The topological polar surface area (TPSA) is 72.2 Å². The van der Waals surface area contributed by atoms with E-state index in [4.69, 9.17) is 0 Å². The number of non-ortho nitro benzene ring substituents is 1. The molecule has 112 valence electrons. The third-order valence-electron chi connectivity index (χ3n) is 2.72. The summed E-state index contributed by atoms with van der Waals surface area (Å²) in [6.07, 6.45) is 2.56. The first-order valence-electron chi connectivity index (χ1n) is 6.14. The first kappa shape index (κ1) is 15.3. The molecule has 0 unspecified atom stereocenters. The van der Waals surface area contributed by atoms with Crippen LogP contribution in [0.1, 0.15) is 5.56 Å². The number of benzene rings is 2. The highest BCUT2D eigenvalue weighted by molar-refractivity contribution is 6.01. The fourth-order valence-electron chi connectivity index (χ4n) is 1.64. The zero-order valence-corrected chi connectivity index (χ0v) is 11.1.